The van der Waals surface area contributed by atoms with E-state index in [1.807, 2.05) is 65.8 Å². The predicted octanol–water partition coefficient (Wildman–Crippen LogP) is 7.07. The molecule has 1 fully saturated rings. The molecule has 5 nitrogen and oxygen atoms in total. The average molecular weight is 550 g/mol. The van der Waals surface area contributed by atoms with Gasteiger partial charge in [-0.25, -0.2) is 0 Å². The Balaban J connectivity index is 2.02. The molecule has 0 bridgehead atoms. The van der Waals surface area contributed by atoms with Crippen molar-refractivity contribution in [3.05, 3.63) is 86.4 Å². The van der Waals surface area contributed by atoms with Gasteiger partial charge in [-0.2, -0.15) is 0 Å². The Morgan fingerprint density at radius 1 is 0.694 bits per heavy atom. The number of nitrogens with zero attached hydrogens (tertiary/aromatic N) is 2. The smallest absolute Gasteiger partial charge is 0.266 e. The molecule has 36 heavy (non-hydrogen) atoms. The third kappa shape index (κ3) is 4.43. The lowest BCUT2D eigenvalue weighted by atomic mass is 9.85. The molecule has 3 aromatic carbocycles. The van der Waals surface area contributed by atoms with Crippen LogP contribution in [-0.2, 0) is 9.59 Å². The molecule has 1 heterocycles. The first-order valence-corrected chi connectivity index (χ1v) is 12.9. The van der Waals surface area contributed by atoms with Crippen molar-refractivity contribution in [3.63, 3.8) is 0 Å². The number of aryl methyl sites for hydroxylation is 6. The first-order valence-electron chi connectivity index (χ1n) is 12.1. The van der Waals surface area contributed by atoms with Gasteiger partial charge in [0.25, 0.3) is 6.35 Å². The summed E-state index contributed by atoms with van der Waals surface area (Å²) in [5.74, 6) is -0.0185. The van der Waals surface area contributed by atoms with Crippen LogP contribution in [0.4, 0.5) is 11.4 Å². The second-order valence-corrected chi connectivity index (χ2v) is 11.3. The van der Waals surface area contributed by atoms with Crippen molar-refractivity contribution in [1.29, 1.82) is 0 Å². The number of benzene rings is 3. The molecule has 1 aliphatic heterocycles. The number of hydrogen-bond acceptors (Lipinski definition) is 3. The van der Waals surface area contributed by atoms with Gasteiger partial charge < -0.3 is 4.74 Å². The number of carbonyl (C=O) groups excluding carboxylic acids is 2. The molecule has 0 N–H and O–H groups in total. The number of anilines is 2. The lowest BCUT2D eigenvalue weighted by Gasteiger charge is -2.49. The summed E-state index contributed by atoms with van der Waals surface area (Å²) in [6.45, 7) is 15.5. The van der Waals surface area contributed by atoms with Crippen LogP contribution in [0.2, 0.25) is 0 Å². The number of carbonyl (C=O) groups is 2. The molecule has 0 spiro atoms. The number of halogens is 1. The van der Waals surface area contributed by atoms with Gasteiger partial charge in [0.15, 0.2) is 0 Å². The molecule has 0 aromatic heterocycles. The van der Waals surface area contributed by atoms with Crippen LogP contribution in [0.1, 0.15) is 47.2 Å². The molecule has 0 atom stereocenters. The minimum absolute atomic E-state index is 0.289. The van der Waals surface area contributed by atoms with E-state index in [0.717, 1.165) is 49.2 Å². The summed E-state index contributed by atoms with van der Waals surface area (Å²) in [4.78, 5) is 31.5. The Morgan fingerprint density at radius 2 is 1.06 bits per heavy atom. The summed E-state index contributed by atoms with van der Waals surface area (Å²) >= 11 is 3.47. The fourth-order valence-electron chi connectivity index (χ4n) is 5.28. The largest absolute Gasteiger partial charge is 0.451 e. The van der Waals surface area contributed by atoms with Crippen LogP contribution >= 0.6 is 15.9 Å². The second kappa shape index (κ2) is 9.40. The van der Waals surface area contributed by atoms with Crippen molar-refractivity contribution in [1.82, 2.24) is 0 Å². The minimum atomic E-state index is -1.28. The van der Waals surface area contributed by atoms with Crippen molar-refractivity contribution in [2.45, 2.75) is 61.7 Å². The van der Waals surface area contributed by atoms with Crippen LogP contribution in [0, 0.1) is 47.0 Å². The van der Waals surface area contributed by atoms with Crippen molar-refractivity contribution in [2.24, 2.45) is 5.41 Å². The van der Waals surface area contributed by atoms with Gasteiger partial charge in [-0.1, -0.05) is 51.3 Å². The van der Waals surface area contributed by atoms with Crippen LogP contribution in [0.25, 0.3) is 0 Å². The van der Waals surface area contributed by atoms with Crippen LogP contribution < -0.4 is 14.5 Å². The molecular weight excluding hydrogens is 516 g/mol. The standard InChI is InChI=1S/C30H33BrN2O3/c1-17-13-19(3)25(20(4)14-17)32-27(34)30(7,8)28(35)33(26-21(5)15-18(2)16-22(26)6)29(32)36-24-11-9-23(31)10-12-24/h9-16,29H,1-8H3. The Bertz CT molecular complexity index is 1240. The highest BCUT2D eigenvalue weighted by Gasteiger charge is 2.54. The molecule has 188 valence electrons. The maximum atomic E-state index is 14.1. The zero-order valence-electron chi connectivity index (χ0n) is 22.2. The van der Waals surface area contributed by atoms with Gasteiger partial charge in [-0.15, -0.1) is 0 Å². The van der Waals surface area contributed by atoms with E-state index < -0.39 is 11.8 Å². The van der Waals surface area contributed by atoms with Gasteiger partial charge in [-0.05, 0) is 102 Å². The van der Waals surface area contributed by atoms with Crippen LogP contribution in [0.5, 0.6) is 5.75 Å². The molecule has 4 rings (SSSR count). The summed E-state index contributed by atoms with van der Waals surface area (Å²) in [5.41, 5.74) is 6.27. The monoisotopic (exact) mass is 548 g/mol. The summed E-state index contributed by atoms with van der Waals surface area (Å²) in [6.07, 6.45) is -1.00. The Kier molecular flexibility index (Phi) is 6.78. The van der Waals surface area contributed by atoms with Crippen LogP contribution in [0.15, 0.2) is 53.0 Å². The molecule has 3 aromatic rings. The van der Waals surface area contributed by atoms with E-state index in [-0.39, 0.29) is 11.8 Å². The molecular formula is C30H33BrN2O3. The Hall–Kier alpha value is -3.12. The third-order valence-electron chi connectivity index (χ3n) is 6.76. The van der Waals surface area contributed by atoms with Crippen LogP contribution in [-0.4, -0.2) is 18.2 Å². The average Bonchev–Trinajstić information content (AvgIpc) is 2.77. The zero-order chi connectivity index (χ0) is 26.5. The SMILES string of the molecule is Cc1cc(C)c(N2C(=O)C(C)(C)C(=O)N(c3c(C)cc(C)cc3C)C2Oc2ccc(Br)cc2)c(C)c1. The van der Waals surface area contributed by atoms with Gasteiger partial charge in [-0.3, -0.25) is 19.4 Å². The molecule has 0 aliphatic carbocycles. The lowest BCUT2D eigenvalue weighted by Crippen LogP contribution is -2.69. The minimum Gasteiger partial charge on any atom is -0.451 e. The maximum absolute atomic E-state index is 14.1. The highest BCUT2D eigenvalue weighted by atomic mass is 79.9. The van der Waals surface area contributed by atoms with Crippen molar-refractivity contribution in [2.75, 3.05) is 9.80 Å². The summed E-state index contributed by atoms with van der Waals surface area (Å²) in [7, 11) is 0. The fourth-order valence-corrected chi connectivity index (χ4v) is 5.54. The van der Waals surface area contributed by atoms with Crippen molar-refractivity contribution < 1.29 is 14.3 Å². The molecule has 1 saturated heterocycles. The van der Waals surface area contributed by atoms with Gasteiger partial charge in [0, 0.05) is 4.47 Å². The fraction of sp³-hybridized carbons (Fsp3) is 0.333. The molecule has 0 radical (unpaired) electrons. The zero-order valence-corrected chi connectivity index (χ0v) is 23.8. The molecule has 2 amide bonds. The van der Waals surface area contributed by atoms with E-state index in [1.165, 1.54) is 0 Å². The highest BCUT2D eigenvalue weighted by molar-refractivity contribution is 9.10. The normalized spacial score (nSPS) is 16.0. The lowest BCUT2D eigenvalue weighted by molar-refractivity contribution is -0.144. The quantitative estimate of drug-likeness (QED) is 0.327. The van der Waals surface area contributed by atoms with Crippen molar-refractivity contribution >= 4 is 39.1 Å². The van der Waals surface area contributed by atoms with E-state index >= 15 is 0 Å². The third-order valence-corrected chi connectivity index (χ3v) is 7.29. The second-order valence-electron chi connectivity index (χ2n) is 10.4. The summed E-state index contributed by atoms with van der Waals surface area (Å²) in [6, 6.07) is 15.7. The summed E-state index contributed by atoms with van der Waals surface area (Å²) in [5, 5.41) is 0. The highest BCUT2D eigenvalue weighted by Crippen LogP contribution is 2.42. The molecule has 1 aliphatic rings. The van der Waals surface area contributed by atoms with E-state index in [1.54, 1.807) is 23.6 Å². The van der Waals surface area contributed by atoms with E-state index in [9.17, 15) is 9.59 Å². The Labute approximate surface area is 222 Å². The van der Waals surface area contributed by atoms with Gasteiger partial charge in [0.2, 0.25) is 11.8 Å². The number of hydrogen-bond donors (Lipinski definition) is 0. The van der Waals surface area contributed by atoms with Gasteiger partial charge >= 0.3 is 0 Å². The van der Waals surface area contributed by atoms with E-state index in [4.69, 9.17) is 4.74 Å². The van der Waals surface area contributed by atoms with Crippen molar-refractivity contribution in [3.8, 4) is 5.75 Å². The molecule has 0 unspecified atom stereocenters. The number of rotatable bonds is 4. The first-order chi connectivity index (χ1) is 16.8. The topological polar surface area (TPSA) is 49.9 Å². The summed E-state index contributed by atoms with van der Waals surface area (Å²) < 4.78 is 7.46. The molecule has 0 saturated carbocycles. The number of ether oxygens (including phenoxy) is 1. The van der Waals surface area contributed by atoms with Gasteiger partial charge in [0.1, 0.15) is 11.2 Å². The van der Waals surface area contributed by atoms with E-state index in [0.29, 0.717) is 5.75 Å². The van der Waals surface area contributed by atoms with E-state index in [2.05, 4.69) is 40.2 Å². The number of amides is 2. The Morgan fingerprint density at radius 3 is 1.42 bits per heavy atom. The first kappa shape index (κ1) is 26.0. The molecule has 6 heteroatoms. The maximum Gasteiger partial charge on any atom is 0.266 e. The van der Waals surface area contributed by atoms with Crippen LogP contribution in [0.3, 0.4) is 0 Å². The predicted molar refractivity (Wildman–Crippen MR) is 149 cm³/mol. The van der Waals surface area contributed by atoms with Gasteiger partial charge in [0.05, 0.1) is 11.4 Å².